The Kier molecular flexibility index (Phi) is 6.62. The molecule has 9 nitrogen and oxygen atoms in total. The molecular weight excluding hydrogens is 430 g/mol. The molecule has 1 atom stereocenters. The molecule has 0 aliphatic carbocycles. The number of rotatable bonds is 7. The lowest BCUT2D eigenvalue weighted by Gasteiger charge is -2.19. The maximum absolute atomic E-state index is 12.0. The normalized spacial score (nSPS) is 12.2. The zero-order chi connectivity index (χ0) is 24.1. The van der Waals surface area contributed by atoms with Gasteiger partial charge in [0.05, 0.1) is 0 Å². The van der Waals surface area contributed by atoms with Gasteiger partial charge in [-0.1, -0.05) is 42.5 Å². The van der Waals surface area contributed by atoms with Crippen molar-refractivity contribution >= 4 is 34.4 Å². The number of aromatic nitrogens is 4. The number of ether oxygens (including phenoxy) is 1. The smallest absolute Gasteiger partial charge is 0.407 e. The Hall–Kier alpha value is -4.14. The molecule has 1 amide bonds. The number of amides is 1. The van der Waals surface area contributed by atoms with E-state index < -0.39 is 11.7 Å². The molecule has 0 saturated carbocycles. The van der Waals surface area contributed by atoms with Crippen LogP contribution in [0.1, 0.15) is 44.9 Å². The topological polar surface area (TPSA) is 117 Å². The molecule has 0 aliphatic rings. The van der Waals surface area contributed by atoms with Crippen molar-refractivity contribution in [2.24, 2.45) is 0 Å². The summed E-state index contributed by atoms with van der Waals surface area (Å²) < 4.78 is 5.30. The van der Waals surface area contributed by atoms with Crippen molar-refractivity contribution in [1.82, 2.24) is 25.5 Å². The highest BCUT2D eigenvalue weighted by Crippen LogP contribution is 2.30. The number of carbonyl (C=O) groups excluding carboxylic acids is 1. The van der Waals surface area contributed by atoms with Gasteiger partial charge in [-0.05, 0) is 51.0 Å². The number of anilines is 3. The predicted molar refractivity (Wildman–Crippen MR) is 133 cm³/mol. The van der Waals surface area contributed by atoms with Gasteiger partial charge in [-0.3, -0.25) is 5.10 Å². The number of alkyl carbamates (subject to hydrolysis) is 1. The van der Waals surface area contributed by atoms with Crippen LogP contribution in [0.3, 0.4) is 0 Å². The second-order valence-corrected chi connectivity index (χ2v) is 8.98. The highest BCUT2D eigenvalue weighted by Gasteiger charge is 2.17. The second kappa shape index (κ2) is 9.78. The van der Waals surface area contributed by atoms with Crippen molar-refractivity contribution in [1.29, 1.82) is 0 Å². The van der Waals surface area contributed by atoms with Crippen LogP contribution < -0.4 is 16.0 Å². The molecule has 4 aromatic rings. The number of aromatic amines is 1. The molecule has 4 N–H and O–H groups in total. The van der Waals surface area contributed by atoms with Crippen LogP contribution >= 0.6 is 0 Å². The number of fused-ring (bicyclic) bond motifs is 1. The number of hydrogen-bond donors (Lipinski definition) is 4. The van der Waals surface area contributed by atoms with E-state index >= 15 is 0 Å². The minimum atomic E-state index is -0.541. The fourth-order valence-electron chi connectivity index (χ4n) is 3.48. The zero-order valence-electron chi connectivity index (χ0n) is 19.7. The lowest BCUT2D eigenvalue weighted by atomic mass is 10.1. The molecule has 0 saturated heterocycles. The summed E-state index contributed by atoms with van der Waals surface area (Å²) >= 11 is 0. The average molecular weight is 460 g/mol. The summed E-state index contributed by atoms with van der Waals surface area (Å²) in [5, 5.41) is 17.7. The Morgan fingerprint density at radius 2 is 1.88 bits per heavy atom. The van der Waals surface area contributed by atoms with Gasteiger partial charge in [0.2, 0.25) is 0 Å². The van der Waals surface area contributed by atoms with Gasteiger partial charge in [0.15, 0.2) is 5.65 Å². The predicted octanol–water partition coefficient (Wildman–Crippen LogP) is 5.29. The molecule has 2 aromatic heterocycles. The Morgan fingerprint density at radius 3 is 2.65 bits per heavy atom. The van der Waals surface area contributed by atoms with Gasteiger partial charge in [-0.25, -0.2) is 14.8 Å². The van der Waals surface area contributed by atoms with E-state index in [0.29, 0.717) is 23.8 Å². The van der Waals surface area contributed by atoms with Gasteiger partial charge in [-0.15, -0.1) is 0 Å². The molecule has 34 heavy (non-hydrogen) atoms. The maximum Gasteiger partial charge on any atom is 0.407 e. The third kappa shape index (κ3) is 5.80. The average Bonchev–Trinajstić information content (AvgIpc) is 3.21. The quantitative estimate of drug-likeness (QED) is 0.296. The summed E-state index contributed by atoms with van der Waals surface area (Å²) in [4.78, 5) is 20.7. The van der Waals surface area contributed by atoms with Gasteiger partial charge >= 0.3 is 6.09 Å². The van der Waals surface area contributed by atoms with Gasteiger partial charge in [0.25, 0.3) is 0 Å². The second-order valence-electron chi connectivity index (χ2n) is 8.98. The van der Waals surface area contributed by atoms with Crippen LogP contribution in [-0.4, -0.2) is 31.9 Å². The minimum Gasteiger partial charge on any atom is -0.444 e. The molecule has 1 unspecified atom stereocenters. The fourth-order valence-corrected chi connectivity index (χ4v) is 3.48. The lowest BCUT2D eigenvalue weighted by molar-refractivity contribution is 0.0523. The first-order chi connectivity index (χ1) is 16.3. The SMILES string of the molecule is CC(Nc1ncnc2n[nH]c(Nc3cccc(CNC(=O)OC(C)(C)C)c3)c12)c1ccccc1. The van der Waals surface area contributed by atoms with Crippen LogP contribution in [0.4, 0.5) is 22.1 Å². The van der Waals surface area contributed by atoms with Crippen molar-refractivity contribution < 1.29 is 9.53 Å². The van der Waals surface area contributed by atoms with E-state index in [-0.39, 0.29) is 6.04 Å². The largest absolute Gasteiger partial charge is 0.444 e. The summed E-state index contributed by atoms with van der Waals surface area (Å²) in [7, 11) is 0. The Labute approximate surface area is 198 Å². The molecule has 2 aromatic carbocycles. The van der Waals surface area contributed by atoms with Crippen LogP contribution in [0, 0.1) is 0 Å². The monoisotopic (exact) mass is 459 g/mol. The molecule has 0 radical (unpaired) electrons. The van der Waals surface area contributed by atoms with Gasteiger partial charge < -0.3 is 20.7 Å². The standard InChI is InChI=1S/C25H29N7O2/c1-16(18-10-6-5-7-11-18)29-21-20-22(28-15-27-21)31-32-23(20)30-19-12-8-9-17(13-19)14-26-24(33)34-25(2,3)4/h5-13,15-16H,14H2,1-4H3,(H,26,33)(H3,27,28,29,30,31,32). The van der Waals surface area contributed by atoms with E-state index in [2.05, 4.69) is 55.2 Å². The van der Waals surface area contributed by atoms with Crippen LogP contribution in [0.5, 0.6) is 0 Å². The van der Waals surface area contributed by atoms with Crippen molar-refractivity contribution in [3.8, 4) is 0 Å². The van der Waals surface area contributed by atoms with E-state index in [1.165, 1.54) is 6.33 Å². The molecule has 4 rings (SSSR count). The molecule has 0 spiro atoms. The Morgan fingerprint density at radius 1 is 1.09 bits per heavy atom. The summed E-state index contributed by atoms with van der Waals surface area (Å²) in [6.07, 6.45) is 1.04. The summed E-state index contributed by atoms with van der Waals surface area (Å²) in [5.74, 6) is 1.36. The number of benzene rings is 2. The molecule has 0 bridgehead atoms. The summed E-state index contributed by atoms with van der Waals surface area (Å²) in [6, 6.07) is 17.9. The summed E-state index contributed by atoms with van der Waals surface area (Å²) in [6.45, 7) is 7.92. The molecule has 2 heterocycles. The van der Waals surface area contributed by atoms with Crippen LogP contribution in [0.25, 0.3) is 11.0 Å². The van der Waals surface area contributed by atoms with Gasteiger partial charge in [0, 0.05) is 18.3 Å². The van der Waals surface area contributed by atoms with E-state index in [0.717, 1.165) is 22.2 Å². The third-order valence-electron chi connectivity index (χ3n) is 5.04. The van der Waals surface area contributed by atoms with Crippen molar-refractivity contribution in [2.75, 3.05) is 10.6 Å². The molecule has 0 aliphatic heterocycles. The number of nitrogens with zero attached hydrogens (tertiary/aromatic N) is 3. The number of H-pyrrole nitrogens is 1. The van der Waals surface area contributed by atoms with Crippen molar-refractivity contribution in [2.45, 2.75) is 45.9 Å². The molecular formula is C25H29N7O2. The van der Waals surface area contributed by atoms with Crippen molar-refractivity contribution in [3.05, 3.63) is 72.1 Å². The number of hydrogen-bond acceptors (Lipinski definition) is 7. The van der Waals surface area contributed by atoms with E-state index in [1.807, 2.05) is 63.2 Å². The highest BCUT2D eigenvalue weighted by molar-refractivity contribution is 5.97. The van der Waals surface area contributed by atoms with Gasteiger partial charge in [0.1, 0.15) is 29.0 Å². The first-order valence-corrected chi connectivity index (χ1v) is 11.1. The van der Waals surface area contributed by atoms with E-state index in [9.17, 15) is 4.79 Å². The number of carbonyl (C=O) groups is 1. The van der Waals surface area contributed by atoms with E-state index in [1.54, 1.807) is 0 Å². The van der Waals surface area contributed by atoms with Crippen LogP contribution in [0.2, 0.25) is 0 Å². The Balaban J connectivity index is 1.50. The highest BCUT2D eigenvalue weighted by atomic mass is 16.6. The fraction of sp³-hybridized carbons (Fsp3) is 0.280. The molecule has 176 valence electrons. The molecule has 0 fully saturated rings. The number of nitrogens with one attached hydrogen (secondary N) is 4. The molecule has 9 heteroatoms. The minimum absolute atomic E-state index is 0.0457. The summed E-state index contributed by atoms with van der Waals surface area (Å²) in [5.41, 5.74) is 2.92. The first kappa shape index (κ1) is 23.0. The first-order valence-electron chi connectivity index (χ1n) is 11.1. The zero-order valence-corrected chi connectivity index (χ0v) is 19.7. The third-order valence-corrected chi connectivity index (χ3v) is 5.04. The van der Waals surface area contributed by atoms with Gasteiger partial charge in [-0.2, -0.15) is 5.10 Å². The van der Waals surface area contributed by atoms with E-state index in [4.69, 9.17) is 4.74 Å². The van der Waals surface area contributed by atoms with Crippen LogP contribution in [0.15, 0.2) is 60.9 Å². The maximum atomic E-state index is 12.0. The Bertz CT molecular complexity index is 1270. The lowest BCUT2D eigenvalue weighted by Crippen LogP contribution is -2.32. The van der Waals surface area contributed by atoms with Crippen LogP contribution in [-0.2, 0) is 11.3 Å². The van der Waals surface area contributed by atoms with Crippen molar-refractivity contribution in [3.63, 3.8) is 0 Å².